The summed E-state index contributed by atoms with van der Waals surface area (Å²) < 4.78 is 18.0. The monoisotopic (exact) mass is 409 g/mol. The quantitative estimate of drug-likeness (QED) is 0.440. The molecule has 0 atom stereocenters. The number of nitrogens with one attached hydrogen (secondary N) is 2. The summed E-state index contributed by atoms with van der Waals surface area (Å²) in [6.45, 7) is 1.14. The molecule has 30 heavy (non-hydrogen) atoms. The number of ether oxygens (including phenoxy) is 3. The second kappa shape index (κ2) is 10.2. The van der Waals surface area contributed by atoms with Gasteiger partial charge in [-0.2, -0.15) is 5.10 Å². The Bertz CT molecular complexity index is 960. The predicted molar refractivity (Wildman–Crippen MR) is 117 cm³/mol. The molecule has 158 valence electrons. The first-order valence-corrected chi connectivity index (χ1v) is 9.50. The largest absolute Gasteiger partial charge is 0.493 e. The maximum Gasteiger partial charge on any atom is 0.203 e. The molecule has 8 nitrogen and oxygen atoms in total. The molecule has 2 N–H and O–H groups in total. The summed E-state index contributed by atoms with van der Waals surface area (Å²) in [6, 6.07) is 13.8. The van der Waals surface area contributed by atoms with E-state index in [4.69, 9.17) is 14.2 Å². The summed E-state index contributed by atoms with van der Waals surface area (Å²) in [6.07, 6.45) is 3.83. The normalized spacial score (nSPS) is 11.1. The standard InChI is InChI=1S/C22H27N5O3/c1-23-22(24-12-16-10-19(28-2)21(30-4)20(11-16)29-3)25-13-17-14-26-27(15-17)18-8-6-5-7-9-18/h5-11,14-15H,12-13H2,1-4H3,(H2,23,24,25). The summed E-state index contributed by atoms with van der Waals surface area (Å²) >= 11 is 0. The van der Waals surface area contributed by atoms with Crippen LogP contribution in [-0.4, -0.2) is 44.1 Å². The lowest BCUT2D eigenvalue weighted by atomic mass is 10.2. The third kappa shape index (κ3) is 5.02. The third-order valence-corrected chi connectivity index (χ3v) is 4.52. The SMILES string of the molecule is CN=C(NCc1cc(OC)c(OC)c(OC)c1)NCc1cnn(-c2ccccc2)c1. The number of methoxy groups -OCH3 is 3. The number of guanidine groups is 1. The van der Waals surface area contributed by atoms with Gasteiger partial charge in [0.05, 0.1) is 33.2 Å². The van der Waals surface area contributed by atoms with E-state index in [1.807, 2.05) is 59.5 Å². The molecule has 0 amide bonds. The van der Waals surface area contributed by atoms with Crippen LogP contribution in [0.4, 0.5) is 0 Å². The van der Waals surface area contributed by atoms with Crippen LogP contribution < -0.4 is 24.8 Å². The molecular formula is C22H27N5O3. The Morgan fingerprint density at radius 2 is 1.57 bits per heavy atom. The third-order valence-electron chi connectivity index (χ3n) is 4.52. The van der Waals surface area contributed by atoms with E-state index in [1.54, 1.807) is 28.4 Å². The minimum atomic E-state index is 0.541. The van der Waals surface area contributed by atoms with Crippen molar-refractivity contribution in [3.05, 3.63) is 66.0 Å². The van der Waals surface area contributed by atoms with E-state index in [-0.39, 0.29) is 0 Å². The van der Waals surface area contributed by atoms with Crippen LogP contribution in [0.1, 0.15) is 11.1 Å². The number of aliphatic imine (C=N–C) groups is 1. The van der Waals surface area contributed by atoms with E-state index in [2.05, 4.69) is 20.7 Å². The average Bonchev–Trinajstić information content (AvgIpc) is 3.28. The van der Waals surface area contributed by atoms with Crippen LogP contribution in [0.2, 0.25) is 0 Å². The zero-order valence-electron chi connectivity index (χ0n) is 17.7. The van der Waals surface area contributed by atoms with Gasteiger partial charge >= 0.3 is 0 Å². The molecule has 1 heterocycles. The van der Waals surface area contributed by atoms with E-state index in [1.165, 1.54) is 0 Å². The zero-order chi connectivity index (χ0) is 21.3. The van der Waals surface area contributed by atoms with Gasteiger partial charge in [-0.15, -0.1) is 0 Å². The number of para-hydroxylation sites is 1. The van der Waals surface area contributed by atoms with Crippen molar-refractivity contribution < 1.29 is 14.2 Å². The molecule has 0 aliphatic rings. The van der Waals surface area contributed by atoms with E-state index < -0.39 is 0 Å². The lowest BCUT2D eigenvalue weighted by molar-refractivity contribution is 0.323. The van der Waals surface area contributed by atoms with Gasteiger partial charge in [0, 0.05) is 31.9 Å². The van der Waals surface area contributed by atoms with Crippen LogP contribution in [0, 0.1) is 0 Å². The fraction of sp³-hybridized carbons (Fsp3) is 0.273. The maximum atomic E-state index is 5.41. The first kappa shape index (κ1) is 21.0. The van der Waals surface area contributed by atoms with Gasteiger partial charge in [0.25, 0.3) is 0 Å². The van der Waals surface area contributed by atoms with Crippen molar-refractivity contribution in [1.82, 2.24) is 20.4 Å². The highest BCUT2D eigenvalue weighted by Crippen LogP contribution is 2.38. The second-order valence-corrected chi connectivity index (χ2v) is 6.44. The molecule has 0 aliphatic heterocycles. The number of hydrogen-bond acceptors (Lipinski definition) is 5. The Morgan fingerprint density at radius 3 is 2.13 bits per heavy atom. The molecule has 0 saturated carbocycles. The molecule has 3 aromatic rings. The van der Waals surface area contributed by atoms with E-state index in [9.17, 15) is 0 Å². The van der Waals surface area contributed by atoms with Crippen LogP contribution in [-0.2, 0) is 13.1 Å². The Morgan fingerprint density at radius 1 is 0.933 bits per heavy atom. The van der Waals surface area contributed by atoms with Gasteiger partial charge in [-0.05, 0) is 29.8 Å². The highest BCUT2D eigenvalue weighted by atomic mass is 16.5. The summed E-state index contributed by atoms with van der Waals surface area (Å²) in [7, 11) is 6.52. The molecule has 0 bridgehead atoms. The minimum Gasteiger partial charge on any atom is -0.493 e. The van der Waals surface area contributed by atoms with Crippen molar-refractivity contribution in [2.45, 2.75) is 13.1 Å². The van der Waals surface area contributed by atoms with Crippen LogP contribution >= 0.6 is 0 Å². The van der Waals surface area contributed by atoms with Crippen LogP contribution in [0.25, 0.3) is 5.69 Å². The molecule has 1 aromatic heterocycles. The van der Waals surface area contributed by atoms with Crippen LogP contribution in [0.5, 0.6) is 17.2 Å². The lowest BCUT2D eigenvalue weighted by Crippen LogP contribution is -2.36. The van der Waals surface area contributed by atoms with Gasteiger partial charge in [-0.25, -0.2) is 4.68 Å². The first-order valence-electron chi connectivity index (χ1n) is 9.50. The Hall–Kier alpha value is -3.68. The Balaban J connectivity index is 1.60. The van der Waals surface area contributed by atoms with Gasteiger partial charge in [0.15, 0.2) is 17.5 Å². The maximum absolute atomic E-state index is 5.41. The van der Waals surface area contributed by atoms with Gasteiger partial charge < -0.3 is 24.8 Å². The van der Waals surface area contributed by atoms with Gasteiger partial charge in [-0.1, -0.05) is 18.2 Å². The summed E-state index contributed by atoms with van der Waals surface area (Å²) in [5.41, 5.74) is 3.05. The zero-order valence-corrected chi connectivity index (χ0v) is 17.7. The van der Waals surface area contributed by atoms with Crippen molar-refractivity contribution in [2.24, 2.45) is 4.99 Å². The summed E-state index contributed by atoms with van der Waals surface area (Å²) in [5.74, 6) is 2.48. The van der Waals surface area contributed by atoms with Crippen LogP contribution in [0.3, 0.4) is 0 Å². The molecule has 3 rings (SSSR count). The molecule has 0 saturated heterocycles. The van der Waals surface area contributed by atoms with Crippen molar-refractivity contribution in [1.29, 1.82) is 0 Å². The molecule has 0 aliphatic carbocycles. The van der Waals surface area contributed by atoms with Crippen molar-refractivity contribution >= 4 is 5.96 Å². The molecule has 0 fully saturated rings. The van der Waals surface area contributed by atoms with Crippen molar-refractivity contribution in [2.75, 3.05) is 28.4 Å². The fourth-order valence-corrected chi connectivity index (χ4v) is 3.00. The highest BCUT2D eigenvalue weighted by molar-refractivity contribution is 5.79. The summed E-state index contributed by atoms with van der Waals surface area (Å²) in [5, 5.41) is 11.0. The molecule has 0 radical (unpaired) electrons. The summed E-state index contributed by atoms with van der Waals surface area (Å²) in [4.78, 5) is 4.28. The van der Waals surface area contributed by atoms with Gasteiger partial charge in [0.1, 0.15) is 0 Å². The number of rotatable bonds is 8. The molecule has 2 aromatic carbocycles. The number of aromatic nitrogens is 2. The topological polar surface area (TPSA) is 81.9 Å². The number of benzene rings is 2. The van der Waals surface area contributed by atoms with Crippen molar-refractivity contribution in [3.8, 4) is 22.9 Å². The molecule has 0 unspecified atom stereocenters. The number of nitrogens with zero attached hydrogens (tertiary/aromatic N) is 3. The first-order chi connectivity index (χ1) is 14.7. The molecule has 0 spiro atoms. The van der Waals surface area contributed by atoms with Gasteiger partial charge in [-0.3, -0.25) is 4.99 Å². The number of hydrogen-bond donors (Lipinski definition) is 2. The van der Waals surface area contributed by atoms with Gasteiger partial charge in [0.2, 0.25) is 5.75 Å². The molecule has 8 heteroatoms. The molecular weight excluding hydrogens is 382 g/mol. The van der Waals surface area contributed by atoms with E-state index in [0.717, 1.165) is 16.8 Å². The van der Waals surface area contributed by atoms with E-state index in [0.29, 0.717) is 36.3 Å². The lowest BCUT2D eigenvalue weighted by Gasteiger charge is -2.15. The highest BCUT2D eigenvalue weighted by Gasteiger charge is 2.13. The Kier molecular flexibility index (Phi) is 7.15. The Labute approximate surface area is 176 Å². The second-order valence-electron chi connectivity index (χ2n) is 6.44. The van der Waals surface area contributed by atoms with Crippen LogP contribution in [0.15, 0.2) is 59.9 Å². The predicted octanol–water partition coefficient (Wildman–Crippen LogP) is 2.76. The minimum absolute atomic E-state index is 0.541. The van der Waals surface area contributed by atoms with E-state index >= 15 is 0 Å². The van der Waals surface area contributed by atoms with Crippen molar-refractivity contribution in [3.63, 3.8) is 0 Å². The average molecular weight is 409 g/mol. The fourth-order valence-electron chi connectivity index (χ4n) is 3.00. The smallest absolute Gasteiger partial charge is 0.203 e.